The molecule has 0 rings (SSSR count). The summed E-state index contributed by atoms with van der Waals surface area (Å²) in [6.07, 6.45) is 0.719. The normalized spacial score (nSPS) is 16.6. The molecule has 18 heavy (non-hydrogen) atoms. The number of nitrogens with one attached hydrogen (secondary N) is 1. The zero-order valence-corrected chi connectivity index (χ0v) is 12.3. The van der Waals surface area contributed by atoms with Crippen molar-refractivity contribution in [2.45, 2.75) is 58.8 Å². The Bertz CT molecular complexity index is 246. The largest absolute Gasteiger partial charge is 0.376 e. The fraction of sp³-hybridized carbons (Fsp3) is 0.923. The molecule has 2 unspecified atom stereocenters. The van der Waals surface area contributed by atoms with E-state index < -0.39 is 5.54 Å². The average Bonchev–Trinajstić information content (AvgIpc) is 2.24. The third-order valence-corrected chi connectivity index (χ3v) is 2.74. The quantitative estimate of drug-likeness (QED) is 0.576. The van der Waals surface area contributed by atoms with Gasteiger partial charge in [0.05, 0.1) is 31.0 Å². The Labute approximate surface area is 110 Å². The van der Waals surface area contributed by atoms with Gasteiger partial charge >= 0.3 is 0 Å². The monoisotopic (exact) mass is 260 g/mol. The number of hydrogen-bond acceptors (Lipinski definition) is 4. The molecule has 0 aliphatic heterocycles. The summed E-state index contributed by atoms with van der Waals surface area (Å²) in [4.78, 5) is 11.4. The second kappa shape index (κ2) is 8.45. The fourth-order valence-electron chi connectivity index (χ4n) is 1.82. The van der Waals surface area contributed by atoms with Gasteiger partial charge in [0.2, 0.25) is 5.91 Å². The SMILES string of the molecule is CCNC(C)(CC(C)OCCOC(C)C)C(N)=O. The van der Waals surface area contributed by atoms with E-state index in [2.05, 4.69) is 5.32 Å². The van der Waals surface area contributed by atoms with Gasteiger partial charge in [-0.15, -0.1) is 0 Å². The first kappa shape index (κ1) is 17.4. The summed E-state index contributed by atoms with van der Waals surface area (Å²) in [5, 5.41) is 3.11. The van der Waals surface area contributed by atoms with Crippen molar-refractivity contribution in [3.63, 3.8) is 0 Å². The predicted molar refractivity (Wildman–Crippen MR) is 72.4 cm³/mol. The van der Waals surface area contributed by atoms with Crippen molar-refractivity contribution >= 4 is 5.91 Å². The minimum absolute atomic E-state index is 0.0442. The van der Waals surface area contributed by atoms with Gasteiger partial charge in [0.1, 0.15) is 0 Å². The zero-order chi connectivity index (χ0) is 14.2. The van der Waals surface area contributed by atoms with Crippen LogP contribution in [0.4, 0.5) is 0 Å². The first-order valence-corrected chi connectivity index (χ1v) is 6.60. The van der Waals surface area contributed by atoms with Gasteiger partial charge < -0.3 is 20.5 Å². The summed E-state index contributed by atoms with van der Waals surface area (Å²) in [5.41, 5.74) is 4.70. The lowest BCUT2D eigenvalue weighted by Gasteiger charge is -2.29. The Morgan fingerprint density at radius 2 is 1.83 bits per heavy atom. The third kappa shape index (κ3) is 6.93. The van der Waals surface area contributed by atoms with Gasteiger partial charge in [-0.3, -0.25) is 4.79 Å². The molecule has 108 valence electrons. The van der Waals surface area contributed by atoms with Crippen LogP contribution in [0.15, 0.2) is 0 Å². The molecule has 0 aliphatic rings. The van der Waals surface area contributed by atoms with Crippen LogP contribution in [0, 0.1) is 0 Å². The molecule has 0 bridgehead atoms. The highest BCUT2D eigenvalue weighted by molar-refractivity contribution is 5.84. The van der Waals surface area contributed by atoms with Crippen LogP contribution >= 0.6 is 0 Å². The second-order valence-electron chi connectivity index (χ2n) is 5.03. The molecule has 5 nitrogen and oxygen atoms in total. The molecule has 0 saturated heterocycles. The molecule has 0 spiro atoms. The fourth-order valence-corrected chi connectivity index (χ4v) is 1.82. The van der Waals surface area contributed by atoms with Gasteiger partial charge in [0, 0.05) is 6.42 Å². The second-order valence-corrected chi connectivity index (χ2v) is 5.03. The van der Waals surface area contributed by atoms with E-state index in [1.807, 2.05) is 34.6 Å². The van der Waals surface area contributed by atoms with Crippen LogP contribution < -0.4 is 11.1 Å². The number of carbonyl (C=O) groups is 1. The van der Waals surface area contributed by atoms with Crippen LogP contribution in [-0.2, 0) is 14.3 Å². The number of ether oxygens (including phenoxy) is 2. The maximum atomic E-state index is 11.4. The van der Waals surface area contributed by atoms with Crippen LogP contribution in [0.1, 0.15) is 41.0 Å². The highest BCUT2D eigenvalue weighted by Gasteiger charge is 2.31. The smallest absolute Gasteiger partial charge is 0.237 e. The summed E-state index contributed by atoms with van der Waals surface area (Å²) < 4.78 is 11.0. The van der Waals surface area contributed by atoms with E-state index in [9.17, 15) is 4.79 Å². The van der Waals surface area contributed by atoms with Crippen molar-refractivity contribution in [3.8, 4) is 0 Å². The Morgan fingerprint density at radius 3 is 2.28 bits per heavy atom. The standard InChI is InChI=1S/C13H28N2O3/c1-6-15-13(5,12(14)16)9-11(4)18-8-7-17-10(2)3/h10-11,15H,6-9H2,1-5H3,(H2,14,16). The Kier molecular flexibility index (Phi) is 8.15. The Hall–Kier alpha value is -0.650. The molecule has 0 fully saturated rings. The zero-order valence-electron chi connectivity index (χ0n) is 12.3. The number of amides is 1. The summed E-state index contributed by atoms with van der Waals surface area (Å²) in [5.74, 6) is -0.349. The van der Waals surface area contributed by atoms with E-state index in [4.69, 9.17) is 15.2 Å². The number of carbonyl (C=O) groups excluding carboxylic acids is 1. The number of primary amides is 1. The van der Waals surface area contributed by atoms with Crippen LogP contribution in [0.2, 0.25) is 0 Å². The van der Waals surface area contributed by atoms with Crippen LogP contribution in [0.25, 0.3) is 0 Å². The van der Waals surface area contributed by atoms with E-state index in [-0.39, 0.29) is 18.1 Å². The van der Waals surface area contributed by atoms with Gasteiger partial charge in [-0.2, -0.15) is 0 Å². The highest BCUT2D eigenvalue weighted by atomic mass is 16.5. The summed E-state index contributed by atoms with van der Waals surface area (Å²) in [7, 11) is 0. The molecule has 0 saturated carbocycles. The van der Waals surface area contributed by atoms with Crippen molar-refractivity contribution in [3.05, 3.63) is 0 Å². The minimum Gasteiger partial charge on any atom is -0.376 e. The molecular weight excluding hydrogens is 232 g/mol. The van der Waals surface area contributed by atoms with E-state index in [0.29, 0.717) is 26.2 Å². The maximum absolute atomic E-state index is 11.4. The summed E-state index contributed by atoms with van der Waals surface area (Å²) in [6, 6.07) is 0. The van der Waals surface area contributed by atoms with Crippen LogP contribution in [0.3, 0.4) is 0 Å². The topological polar surface area (TPSA) is 73.6 Å². The lowest BCUT2D eigenvalue weighted by Crippen LogP contribution is -2.54. The van der Waals surface area contributed by atoms with Crippen LogP contribution in [0.5, 0.6) is 0 Å². The molecule has 5 heteroatoms. The molecular formula is C13H28N2O3. The van der Waals surface area contributed by atoms with Crippen molar-refractivity contribution in [1.29, 1.82) is 0 Å². The van der Waals surface area contributed by atoms with E-state index in [0.717, 1.165) is 0 Å². The lowest BCUT2D eigenvalue weighted by atomic mass is 9.94. The van der Waals surface area contributed by atoms with Gasteiger partial charge in [0.25, 0.3) is 0 Å². The Balaban J connectivity index is 4.03. The van der Waals surface area contributed by atoms with E-state index in [1.54, 1.807) is 0 Å². The molecule has 0 radical (unpaired) electrons. The van der Waals surface area contributed by atoms with Crippen LogP contribution in [-0.4, -0.2) is 43.4 Å². The van der Waals surface area contributed by atoms with Crippen molar-refractivity contribution in [2.75, 3.05) is 19.8 Å². The molecule has 0 aromatic heterocycles. The van der Waals surface area contributed by atoms with Crippen molar-refractivity contribution < 1.29 is 14.3 Å². The van der Waals surface area contributed by atoms with Gasteiger partial charge in [-0.05, 0) is 34.2 Å². The molecule has 1 amide bonds. The molecule has 0 heterocycles. The summed E-state index contributed by atoms with van der Waals surface area (Å²) in [6.45, 7) is 11.5. The number of nitrogens with two attached hydrogens (primary N) is 1. The molecule has 0 aromatic rings. The molecule has 3 N–H and O–H groups in total. The highest BCUT2D eigenvalue weighted by Crippen LogP contribution is 2.14. The van der Waals surface area contributed by atoms with Gasteiger partial charge in [0.15, 0.2) is 0 Å². The molecule has 2 atom stereocenters. The summed E-state index contributed by atoms with van der Waals surface area (Å²) >= 11 is 0. The van der Waals surface area contributed by atoms with Crippen molar-refractivity contribution in [2.24, 2.45) is 5.73 Å². The average molecular weight is 260 g/mol. The Morgan fingerprint density at radius 1 is 1.28 bits per heavy atom. The van der Waals surface area contributed by atoms with E-state index in [1.165, 1.54) is 0 Å². The number of hydrogen-bond donors (Lipinski definition) is 2. The van der Waals surface area contributed by atoms with Crippen molar-refractivity contribution in [1.82, 2.24) is 5.32 Å². The molecule has 0 aromatic carbocycles. The predicted octanol–water partition coefficient (Wildman–Crippen LogP) is 1.06. The first-order chi connectivity index (χ1) is 8.31. The lowest BCUT2D eigenvalue weighted by molar-refractivity contribution is -0.125. The van der Waals surface area contributed by atoms with E-state index >= 15 is 0 Å². The van der Waals surface area contributed by atoms with Gasteiger partial charge in [-0.1, -0.05) is 6.92 Å². The maximum Gasteiger partial charge on any atom is 0.237 e. The number of rotatable bonds is 10. The van der Waals surface area contributed by atoms with Gasteiger partial charge in [-0.25, -0.2) is 0 Å². The molecule has 0 aliphatic carbocycles. The minimum atomic E-state index is -0.715. The third-order valence-electron chi connectivity index (χ3n) is 2.74. The number of likely N-dealkylation sites (N-methyl/N-ethyl adjacent to an activating group) is 1. The first-order valence-electron chi connectivity index (χ1n) is 6.60.